The molecule has 2 rings (SSSR count). The summed E-state index contributed by atoms with van der Waals surface area (Å²) in [5, 5.41) is 0. The highest BCUT2D eigenvalue weighted by Gasteiger charge is 2.45. The van der Waals surface area contributed by atoms with E-state index in [4.69, 9.17) is 0 Å². The molecule has 0 spiro atoms. The minimum absolute atomic E-state index is 0.519. The van der Waals surface area contributed by atoms with Crippen LogP contribution in [0.15, 0.2) is 12.2 Å². The summed E-state index contributed by atoms with van der Waals surface area (Å²) in [5.74, 6) is 2.82. The fraction of sp³-hybridized carbons (Fsp3) is 0.857. The van der Waals surface area contributed by atoms with Gasteiger partial charge in [-0.15, -0.1) is 0 Å². The average molecular weight is 192 g/mol. The SMILES string of the molecule is C=C1CCC2CC(C(C)C)CCC12C. The van der Waals surface area contributed by atoms with Crippen LogP contribution in [0.3, 0.4) is 0 Å². The lowest BCUT2D eigenvalue weighted by Crippen LogP contribution is -2.32. The van der Waals surface area contributed by atoms with Gasteiger partial charge in [0.25, 0.3) is 0 Å². The molecular weight excluding hydrogens is 168 g/mol. The maximum absolute atomic E-state index is 4.28. The third-order valence-corrected chi connectivity index (χ3v) is 5.07. The van der Waals surface area contributed by atoms with Crippen LogP contribution in [0.5, 0.6) is 0 Å². The predicted molar refractivity (Wildman–Crippen MR) is 62.2 cm³/mol. The first-order valence-corrected chi connectivity index (χ1v) is 6.22. The van der Waals surface area contributed by atoms with E-state index in [9.17, 15) is 0 Å². The van der Waals surface area contributed by atoms with Gasteiger partial charge in [0.15, 0.2) is 0 Å². The number of fused-ring (bicyclic) bond motifs is 1. The van der Waals surface area contributed by atoms with Crippen LogP contribution in [0, 0.1) is 23.2 Å². The smallest absolute Gasteiger partial charge is 0.00905 e. The molecule has 2 aliphatic carbocycles. The van der Waals surface area contributed by atoms with Gasteiger partial charge >= 0.3 is 0 Å². The highest BCUT2D eigenvalue weighted by Crippen LogP contribution is 2.56. The van der Waals surface area contributed by atoms with Crippen LogP contribution in [-0.4, -0.2) is 0 Å². The van der Waals surface area contributed by atoms with Crippen molar-refractivity contribution < 1.29 is 0 Å². The molecule has 0 heterocycles. The Labute approximate surface area is 88.8 Å². The van der Waals surface area contributed by atoms with Gasteiger partial charge in [-0.1, -0.05) is 32.9 Å². The zero-order valence-electron chi connectivity index (χ0n) is 9.97. The maximum Gasteiger partial charge on any atom is -0.00905 e. The van der Waals surface area contributed by atoms with Gasteiger partial charge < -0.3 is 0 Å². The van der Waals surface area contributed by atoms with E-state index in [2.05, 4.69) is 27.4 Å². The third-order valence-electron chi connectivity index (χ3n) is 5.07. The van der Waals surface area contributed by atoms with Gasteiger partial charge in [0.05, 0.1) is 0 Å². The second-order valence-corrected chi connectivity index (χ2v) is 6.04. The van der Waals surface area contributed by atoms with E-state index in [0.717, 1.165) is 17.8 Å². The van der Waals surface area contributed by atoms with Crippen molar-refractivity contribution in [2.75, 3.05) is 0 Å². The molecule has 0 amide bonds. The molecule has 80 valence electrons. The van der Waals surface area contributed by atoms with Crippen molar-refractivity contribution in [3.63, 3.8) is 0 Å². The van der Waals surface area contributed by atoms with Crippen LogP contribution in [-0.2, 0) is 0 Å². The van der Waals surface area contributed by atoms with Crippen molar-refractivity contribution in [3.05, 3.63) is 12.2 Å². The lowest BCUT2D eigenvalue weighted by molar-refractivity contribution is 0.115. The molecule has 0 aromatic heterocycles. The minimum Gasteiger partial charge on any atom is -0.0993 e. The minimum atomic E-state index is 0.519. The van der Waals surface area contributed by atoms with E-state index in [1.54, 1.807) is 5.57 Å². The fourth-order valence-corrected chi connectivity index (χ4v) is 3.57. The maximum atomic E-state index is 4.28. The molecule has 0 saturated heterocycles. The molecular formula is C14H24. The summed E-state index contributed by atoms with van der Waals surface area (Å²) >= 11 is 0. The Morgan fingerprint density at radius 1 is 1.36 bits per heavy atom. The predicted octanol–water partition coefficient (Wildman–Crippen LogP) is 4.42. The summed E-state index contributed by atoms with van der Waals surface area (Å²) in [6.07, 6.45) is 7.01. The standard InChI is InChI=1S/C14H24/c1-10(2)12-7-8-14(4)11(3)5-6-13(14)9-12/h10,12-13H,3,5-9H2,1-2,4H3. The zero-order valence-corrected chi connectivity index (χ0v) is 9.97. The van der Waals surface area contributed by atoms with Crippen molar-refractivity contribution in [1.82, 2.24) is 0 Å². The third kappa shape index (κ3) is 1.43. The van der Waals surface area contributed by atoms with E-state index in [1.165, 1.54) is 32.1 Å². The number of hydrogen-bond acceptors (Lipinski definition) is 0. The summed E-state index contributed by atoms with van der Waals surface area (Å²) in [6.45, 7) is 11.5. The van der Waals surface area contributed by atoms with Gasteiger partial charge in [0.1, 0.15) is 0 Å². The second kappa shape index (κ2) is 3.40. The summed E-state index contributed by atoms with van der Waals surface area (Å²) in [5.41, 5.74) is 2.07. The first-order valence-electron chi connectivity index (χ1n) is 6.22. The van der Waals surface area contributed by atoms with Gasteiger partial charge in [-0.05, 0) is 55.3 Å². The Balaban J connectivity index is 2.10. The Morgan fingerprint density at radius 2 is 2.07 bits per heavy atom. The normalized spacial score (nSPS) is 43.0. The molecule has 0 heteroatoms. The Bertz CT molecular complexity index is 238. The van der Waals surface area contributed by atoms with Gasteiger partial charge in [0.2, 0.25) is 0 Å². The molecule has 3 atom stereocenters. The average Bonchev–Trinajstić information content (AvgIpc) is 2.42. The van der Waals surface area contributed by atoms with Gasteiger partial charge in [-0.2, -0.15) is 0 Å². The fourth-order valence-electron chi connectivity index (χ4n) is 3.57. The van der Waals surface area contributed by atoms with Crippen molar-refractivity contribution >= 4 is 0 Å². The topological polar surface area (TPSA) is 0 Å². The summed E-state index contributed by atoms with van der Waals surface area (Å²) in [7, 11) is 0. The van der Waals surface area contributed by atoms with Crippen LogP contribution in [0.1, 0.15) is 52.9 Å². The van der Waals surface area contributed by atoms with Gasteiger partial charge in [0, 0.05) is 0 Å². The lowest BCUT2D eigenvalue weighted by Gasteiger charge is -2.42. The Morgan fingerprint density at radius 3 is 2.71 bits per heavy atom. The number of rotatable bonds is 1. The molecule has 0 radical (unpaired) electrons. The van der Waals surface area contributed by atoms with Crippen LogP contribution >= 0.6 is 0 Å². The molecule has 3 unspecified atom stereocenters. The van der Waals surface area contributed by atoms with Crippen molar-refractivity contribution in [1.29, 1.82) is 0 Å². The van der Waals surface area contributed by atoms with Crippen molar-refractivity contribution in [3.8, 4) is 0 Å². The molecule has 0 aliphatic heterocycles. The first kappa shape index (κ1) is 10.3. The summed E-state index contributed by atoms with van der Waals surface area (Å²) in [6, 6.07) is 0. The molecule has 0 aromatic rings. The van der Waals surface area contributed by atoms with Crippen molar-refractivity contribution in [2.45, 2.75) is 52.9 Å². The summed E-state index contributed by atoms with van der Waals surface area (Å²) < 4.78 is 0. The zero-order chi connectivity index (χ0) is 10.3. The van der Waals surface area contributed by atoms with E-state index in [0.29, 0.717) is 5.41 Å². The molecule has 0 nitrogen and oxygen atoms in total. The molecule has 14 heavy (non-hydrogen) atoms. The molecule has 0 N–H and O–H groups in total. The molecule has 0 aromatic carbocycles. The van der Waals surface area contributed by atoms with Crippen molar-refractivity contribution in [2.24, 2.45) is 23.2 Å². The number of allylic oxidation sites excluding steroid dienone is 1. The van der Waals surface area contributed by atoms with Gasteiger partial charge in [-0.25, -0.2) is 0 Å². The van der Waals surface area contributed by atoms with Crippen LogP contribution in [0.2, 0.25) is 0 Å². The first-order chi connectivity index (χ1) is 6.54. The number of hydrogen-bond donors (Lipinski definition) is 0. The monoisotopic (exact) mass is 192 g/mol. The van der Waals surface area contributed by atoms with E-state index < -0.39 is 0 Å². The molecule has 2 aliphatic rings. The highest BCUT2D eigenvalue weighted by atomic mass is 14.5. The Hall–Kier alpha value is -0.260. The van der Waals surface area contributed by atoms with E-state index in [-0.39, 0.29) is 0 Å². The highest BCUT2D eigenvalue weighted by molar-refractivity contribution is 5.18. The largest absolute Gasteiger partial charge is 0.0993 e. The molecule has 2 saturated carbocycles. The molecule has 0 bridgehead atoms. The molecule has 2 fully saturated rings. The second-order valence-electron chi connectivity index (χ2n) is 6.04. The summed E-state index contributed by atoms with van der Waals surface area (Å²) in [4.78, 5) is 0. The van der Waals surface area contributed by atoms with E-state index in [1.807, 2.05) is 0 Å². The lowest BCUT2D eigenvalue weighted by atomic mass is 9.63. The van der Waals surface area contributed by atoms with Crippen LogP contribution < -0.4 is 0 Å². The van der Waals surface area contributed by atoms with Crippen LogP contribution in [0.4, 0.5) is 0 Å². The van der Waals surface area contributed by atoms with E-state index >= 15 is 0 Å². The van der Waals surface area contributed by atoms with Gasteiger partial charge in [-0.3, -0.25) is 0 Å². The Kier molecular flexibility index (Phi) is 2.49. The quantitative estimate of drug-likeness (QED) is 0.540. The van der Waals surface area contributed by atoms with Crippen LogP contribution in [0.25, 0.3) is 0 Å².